The van der Waals surface area contributed by atoms with Crippen LogP contribution in [0.1, 0.15) is 230 Å². The van der Waals surface area contributed by atoms with Gasteiger partial charge in [-0.1, -0.05) is 243 Å². The van der Waals surface area contributed by atoms with Crippen molar-refractivity contribution in [2.24, 2.45) is 0 Å². The molecule has 0 heteroatoms. The summed E-state index contributed by atoms with van der Waals surface area (Å²) >= 11 is 0. The Morgan fingerprint density at radius 3 is 0.690 bits per heavy atom. The molecule has 0 amide bonds. The summed E-state index contributed by atoms with van der Waals surface area (Å²) in [6, 6.07) is 28.5. The molecule has 0 saturated carbocycles. The van der Waals surface area contributed by atoms with Crippen molar-refractivity contribution in [3.63, 3.8) is 0 Å². The zero-order chi connectivity index (χ0) is 40.3. The van der Waals surface area contributed by atoms with Gasteiger partial charge in [0.1, 0.15) is 0 Å². The molecule has 318 valence electrons. The molecule has 0 N–H and O–H groups in total. The molecule has 0 aliphatic rings. The number of benzene rings is 5. The van der Waals surface area contributed by atoms with Crippen LogP contribution in [0.15, 0.2) is 72.8 Å². The quantitative estimate of drug-likeness (QED) is 0.0288. The third kappa shape index (κ3) is 17.0. The lowest BCUT2D eigenvalue weighted by atomic mass is 9.91. The average Bonchev–Trinajstić information content (AvgIpc) is 3.24. The van der Waals surface area contributed by atoms with Gasteiger partial charge in [-0.15, -0.1) is 0 Å². The Balaban J connectivity index is 1.06. The second-order valence-corrected chi connectivity index (χ2v) is 18.7. The molecular formula is C58H86. The number of hydrogen-bond donors (Lipinski definition) is 0. The van der Waals surface area contributed by atoms with Crippen LogP contribution in [0.25, 0.3) is 43.1 Å². The van der Waals surface area contributed by atoms with Crippen LogP contribution in [-0.2, 0) is 12.8 Å². The van der Waals surface area contributed by atoms with Crippen molar-refractivity contribution in [3.8, 4) is 0 Å². The topological polar surface area (TPSA) is 0 Å². The molecule has 0 aromatic heterocycles. The van der Waals surface area contributed by atoms with Gasteiger partial charge in [0, 0.05) is 0 Å². The fourth-order valence-corrected chi connectivity index (χ4v) is 9.78. The van der Waals surface area contributed by atoms with Crippen LogP contribution < -0.4 is 0 Å². The van der Waals surface area contributed by atoms with Gasteiger partial charge in [-0.05, 0) is 116 Å². The highest BCUT2D eigenvalue weighted by molar-refractivity contribution is 6.08. The van der Waals surface area contributed by atoms with Gasteiger partial charge < -0.3 is 0 Å². The molecule has 5 aromatic rings. The van der Waals surface area contributed by atoms with E-state index in [1.807, 2.05) is 0 Å². The minimum Gasteiger partial charge on any atom is -0.0654 e. The van der Waals surface area contributed by atoms with Gasteiger partial charge in [0.25, 0.3) is 0 Å². The van der Waals surface area contributed by atoms with Crippen molar-refractivity contribution >= 4 is 43.1 Å². The molecule has 0 aliphatic heterocycles. The van der Waals surface area contributed by atoms with Crippen LogP contribution in [0.5, 0.6) is 0 Å². The van der Waals surface area contributed by atoms with Crippen molar-refractivity contribution in [2.45, 2.75) is 232 Å². The minimum atomic E-state index is 1.24. The van der Waals surface area contributed by atoms with Crippen LogP contribution in [0.2, 0.25) is 0 Å². The van der Waals surface area contributed by atoms with E-state index in [1.165, 1.54) is 261 Å². The lowest BCUT2D eigenvalue weighted by molar-refractivity contribution is 0.528. The molecule has 0 unspecified atom stereocenters. The second kappa shape index (κ2) is 28.6. The minimum absolute atomic E-state index is 1.24. The third-order valence-electron chi connectivity index (χ3n) is 13.5. The van der Waals surface area contributed by atoms with E-state index in [4.69, 9.17) is 0 Å². The second-order valence-electron chi connectivity index (χ2n) is 18.7. The van der Waals surface area contributed by atoms with E-state index in [9.17, 15) is 0 Å². The average molecular weight is 783 g/mol. The lowest BCUT2D eigenvalue weighted by Gasteiger charge is -2.14. The van der Waals surface area contributed by atoms with Crippen molar-refractivity contribution < 1.29 is 0 Å². The summed E-state index contributed by atoms with van der Waals surface area (Å²) in [5.74, 6) is 0. The van der Waals surface area contributed by atoms with Gasteiger partial charge in [0.15, 0.2) is 0 Å². The molecule has 0 aliphatic carbocycles. The highest BCUT2D eigenvalue weighted by Crippen LogP contribution is 2.32. The largest absolute Gasteiger partial charge is 0.0654 e. The summed E-state index contributed by atoms with van der Waals surface area (Å²) < 4.78 is 0. The Morgan fingerprint density at radius 2 is 0.431 bits per heavy atom. The standard InChI is InChI=1S/C58H86/c1-3-5-7-9-11-13-15-17-19-21-23-25-27-29-31-33-37-49-41-53-45-57-47-55-43-51-39-35-36-40-52(51)44-56(55)48-58(57)46-54(53)42-50(49)38-34-32-30-28-26-24-22-20-18-16-14-12-10-8-6-4-2/h35-36,39-48H,3-34,37-38H2,1-2H3. The normalized spacial score (nSPS) is 11.9. The maximum atomic E-state index is 2.59. The summed E-state index contributed by atoms with van der Waals surface area (Å²) in [4.78, 5) is 0. The van der Waals surface area contributed by atoms with E-state index in [1.54, 1.807) is 11.1 Å². The van der Waals surface area contributed by atoms with E-state index in [-0.39, 0.29) is 0 Å². The summed E-state index contributed by atoms with van der Waals surface area (Å²) in [6.07, 6.45) is 48.3. The molecule has 0 heterocycles. The molecule has 5 aromatic carbocycles. The van der Waals surface area contributed by atoms with Gasteiger partial charge in [0.2, 0.25) is 0 Å². The Kier molecular flexibility index (Phi) is 22.8. The first-order valence-electron chi connectivity index (χ1n) is 25.6. The molecular weight excluding hydrogens is 697 g/mol. The number of hydrogen-bond acceptors (Lipinski definition) is 0. The van der Waals surface area contributed by atoms with E-state index in [0.29, 0.717) is 0 Å². The summed E-state index contributed by atoms with van der Waals surface area (Å²) in [6.45, 7) is 4.63. The first kappa shape index (κ1) is 46.2. The smallest absolute Gasteiger partial charge is 0.0171 e. The van der Waals surface area contributed by atoms with Gasteiger partial charge in [-0.3, -0.25) is 0 Å². The molecule has 5 rings (SSSR count). The van der Waals surface area contributed by atoms with Crippen LogP contribution in [0.4, 0.5) is 0 Å². The van der Waals surface area contributed by atoms with Crippen molar-refractivity contribution in [1.29, 1.82) is 0 Å². The van der Waals surface area contributed by atoms with Crippen LogP contribution in [0.3, 0.4) is 0 Å². The number of aryl methyl sites for hydroxylation is 2. The Hall–Kier alpha value is -2.86. The van der Waals surface area contributed by atoms with Gasteiger partial charge >= 0.3 is 0 Å². The van der Waals surface area contributed by atoms with E-state index < -0.39 is 0 Å². The molecule has 0 radical (unpaired) electrons. The molecule has 0 atom stereocenters. The molecule has 0 saturated heterocycles. The van der Waals surface area contributed by atoms with E-state index in [0.717, 1.165) is 0 Å². The molecule has 0 nitrogen and oxygen atoms in total. The summed E-state index contributed by atoms with van der Waals surface area (Å²) in [5.41, 5.74) is 3.26. The Bertz CT molecular complexity index is 1690. The molecule has 0 spiro atoms. The summed E-state index contributed by atoms with van der Waals surface area (Å²) in [7, 11) is 0. The van der Waals surface area contributed by atoms with Crippen molar-refractivity contribution in [2.75, 3.05) is 0 Å². The number of unbranched alkanes of at least 4 members (excludes halogenated alkanes) is 30. The van der Waals surface area contributed by atoms with Crippen LogP contribution >= 0.6 is 0 Å². The molecule has 0 fully saturated rings. The predicted octanol–water partition coefficient (Wildman–Crippen LogP) is 19.9. The van der Waals surface area contributed by atoms with Gasteiger partial charge in [0.05, 0.1) is 0 Å². The van der Waals surface area contributed by atoms with Crippen molar-refractivity contribution in [3.05, 3.63) is 83.9 Å². The van der Waals surface area contributed by atoms with Crippen LogP contribution in [-0.4, -0.2) is 0 Å². The van der Waals surface area contributed by atoms with Crippen LogP contribution in [0, 0.1) is 0 Å². The Morgan fingerprint density at radius 1 is 0.224 bits per heavy atom. The van der Waals surface area contributed by atoms with Crippen molar-refractivity contribution in [1.82, 2.24) is 0 Å². The summed E-state index contributed by atoms with van der Waals surface area (Å²) in [5, 5.41) is 10.9. The highest BCUT2D eigenvalue weighted by Gasteiger charge is 2.09. The monoisotopic (exact) mass is 783 g/mol. The first-order chi connectivity index (χ1) is 28.7. The van der Waals surface area contributed by atoms with E-state index in [2.05, 4.69) is 86.6 Å². The Labute approximate surface area is 357 Å². The third-order valence-corrected chi connectivity index (χ3v) is 13.5. The van der Waals surface area contributed by atoms with E-state index >= 15 is 0 Å². The maximum absolute atomic E-state index is 2.59. The molecule has 58 heavy (non-hydrogen) atoms. The fourth-order valence-electron chi connectivity index (χ4n) is 9.78. The SMILES string of the molecule is CCCCCCCCCCCCCCCCCCc1cc2cc3cc4cc5ccccc5cc4cc3cc2cc1CCCCCCCCCCCCCCCCCC. The molecule has 0 bridgehead atoms. The van der Waals surface area contributed by atoms with Gasteiger partial charge in [-0.25, -0.2) is 0 Å². The fraction of sp³-hybridized carbons (Fsp3) is 0.621. The maximum Gasteiger partial charge on any atom is -0.0171 e. The predicted molar refractivity (Wildman–Crippen MR) is 263 cm³/mol. The lowest BCUT2D eigenvalue weighted by Crippen LogP contribution is -1.97. The zero-order valence-electron chi connectivity index (χ0n) is 38.0. The highest BCUT2D eigenvalue weighted by atomic mass is 14.1. The zero-order valence-corrected chi connectivity index (χ0v) is 38.0. The number of fused-ring (bicyclic) bond motifs is 4. The number of rotatable bonds is 34. The first-order valence-corrected chi connectivity index (χ1v) is 25.6. The van der Waals surface area contributed by atoms with Gasteiger partial charge in [-0.2, -0.15) is 0 Å².